The normalized spacial score (nSPS) is 11.2. The van der Waals surface area contributed by atoms with Crippen molar-refractivity contribution < 1.29 is 8.42 Å². The highest BCUT2D eigenvalue weighted by molar-refractivity contribution is 7.91. The number of benzene rings is 1. The molecule has 0 amide bonds. The van der Waals surface area contributed by atoms with Crippen molar-refractivity contribution in [3.8, 4) is 0 Å². The maximum atomic E-state index is 11.8. The molecular weight excluding hydrogens is 316 g/mol. The number of halogens is 1. The molecule has 0 aliphatic heterocycles. The molecular formula is C13H13ClN2O2S2. The molecule has 1 aromatic carbocycles. The third kappa shape index (κ3) is 3.82. The van der Waals surface area contributed by atoms with Gasteiger partial charge in [-0.05, 0) is 24.3 Å². The summed E-state index contributed by atoms with van der Waals surface area (Å²) in [6, 6.07) is 6.64. The van der Waals surface area contributed by atoms with Crippen molar-refractivity contribution in [2.45, 2.75) is 11.4 Å². The summed E-state index contributed by atoms with van der Waals surface area (Å²) in [6.07, 6.45) is 3.10. The van der Waals surface area contributed by atoms with Crippen LogP contribution in [0.25, 0.3) is 0 Å². The molecule has 20 heavy (non-hydrogen) atoms. The van der Waals surface area contributed by atoms with Crippen LogP contribution < -0.4 is 5.32 Å². The van der Waals surface area contributed by atoms with E-state index in [1.165, 1.54) is 17.4 Å². The van der Waals surface area contributed by atoms with Crippen LogP contribution in [-0.2, 0) is 16.4 Å². The average molecular weight is 329 g/mol. The lowest BCUT2D eigenvalue weighted by atomic mass is 10.3. The number of anilines is 1. The molecule has 2 rings (SSSR count). The van der Waals surface area contributed by atoms with Gasteiger partial charge in [-0.15, -0.1) is 17.9 Å². The van der Waals surface area contributed by atoms with E-state index in [0.717, 1.165) is 10.6 Å². The lowest BCUT2D eigenvalue weighted by molar-refractivity contribution is 0.599. The lowest BCUT2D eigenvalue weighted by Crippen LogP contribution is -2.04. The lowest BCUT2D eigenvalue weighted by Gasteiger charge is -2.06. The van der Waals surface area contributed by atoms with Gasteiger partial charge in [0.1, 0.15) is 0 Å². The first kappa shape index (κ1) is 15.0. The fraction of sp³-hybridized carbons (Fsp3) is 0.154. The number of rotatable bonds is 6. The Kier molecular flexibility index (Phi) is 4.80. The minimum absolute atomic E-state index is 0.0564. The number of nitrogens with one attached hydrogen (secondary N) is 1. The number of sulfone groups is 1. The molecule has 1 heterocycles. The van der Waals surface area contributed by atoms with E-state index < -0.39 is 9.84 Å². The summed E-state index contributed by atoms with van der Waals surface area (Å²) in [6.45, 7) is 4.05. The van der Waals surface area contributed by atoms with Gasteiger partial charge in [-0.1, -0.05) is 17.7 Å². The first-order valence-electron chi connectivity index (χ1n) is 5.79. The third-order valence-electron chi connectivity index (χ3n) is 2.54. The van der Waals surface area contributed by atoms with Crippen LogP contribution in [0.4, 0.5) is 5.69 Å². The van der Waals surface area contributed by atoms with Crippen molar-refractivity contribution in [3.05, 3.63) is 52.5 Å². The zero-order valence-corrected chi connectivity index (χ0v) is 12.9. The number of hydrogen-bond donors (Lipinski definition) is 1. The molecule has 0 aliphatic rings. The van der Waals surface area contributed by atoms with Gasteiger partial charge in [0.2, 0.25) is 0 Å². The predicted octanol–water partition coefficient (Wildman–Crippen LogP) is 3.37. The molecule has 0 unspecified atom stereocenters. The van der Waals surface area contributed by atoms with Crippen LogP contribution in [0.2, 0.25) is 4.47 Å². The van der Waals surface area contributed by atoms with Crippen LogP contribution in [-0.4, -0.2) is 19.2 Å². The Bertz CT molecular complexity index is 693. The molecule has 4 nitrogen and oxygen atoms in total. The smallest absolute Gasteiger partial charge is 0.183 e. The van der Waals surface area contributed by atoms with Gasteiger partial charge in [-0.3, -0.25) is 0 Å². The fourth-order valence-corrected chi connectivity index (χ4v) is 3.56. The molecule has 106 valence electrons. The highest BCUT2D eigenvalue weighted by Crippen LogP contribution is 2.20. The Morgan fingerprint density at radius 1 is 1.35 bits per heavy atom. The van der Waals surface area contributed by atoms with Crippen molar-refractivity contribution in [3.63, 3.8) is 0 Å². The van der Waals surface area contributed by atoms with Crippen LogP contribution in [0.15, 0.2) is 48.0 Å². The summed E-state index contributed by atoms with van der Waals surface area (Å²) in [5.74, 6) is -0.0564. The standard InChI is InChI=1S/C13H13ClN2O2S2/c1-2-7-20(17,18)12-5-3-10(4-6-12)15-8-11-9-16-13(14)19-11/h2-6,9,15H,1,7-8H2. The fourth-order valence-electron chi connectivity index (χ4n) is 1.59. The molecule has 0 saturated carbocycles. The van der Waals surface area contributed by atoms with E-state index in [4.69, 9.17) is 11.6 Å². The Morgan fingerprint density at radius 3 is 2.60 bits per heavy atom. The van der Waals surface area contributed by atoms with Gasteiger partial charge in [-0.25, -0.2) is 13.4 Å². The average Bonchev–Trinajstić information content (AvgIpc) is 2.83. The molecule has 0 radical (unpaired) electrons. The Morgan fingerprint density at radius 2 is 2.05 bits per heavy atom. The summed E-state index contributed by atoms with van der Waals surface area (Å²) >= 11 is 7.15. The van der Waals surface area contributed by atoms with Gasteiger partial charge in [0.05, 0.1) is 17.2 Å². The molecule has 7 heteroatoms. The predicted molar refractivity (Wildman–Crippen MR) is 83.1 cm³/mol. The molecule has 0 fully saturated rings. The van der Waals surface area contributed by atoms with E-state index in [9.17, 15) is 8.42 Å². The van der Waals surface area contributed by atoms with Crippen LogP contribution in [0.5, 0.6) is 0 Å². The second kappa shape index (κ2) is 6.39. The maximum absolute atomic E-state index is 11.8. The third-order valence-corrected chi connectivity index (χ3v) is 5.32. The van der Waals surface area contributed by atoms with Gasteiger partial charge >= 0.3 is 0 Å². The second-order valence-electron chi connectivity index (χ2n) is 4.03. The van der Waals surface area contributed by atoms with E-state index in [-0.39, 0.29) is 5.75 Å². The van der Waals surface area contributed by atoms with Gasteiger partial charge in [-0.2, -0.15) is 0 Å². The van der Waals surface area contributed by atoms with E-state index in [0.29, 0.717) is 15.9 Å². The molecule has 2 aromatic rings. The second-order valence-corrected chi connectivity index (χ2v) is 7.76. The molecule has 1 aromatic heterocycles. The van der Waals surface area contributed by atoms with E-state index >= 15 is 0 Å². The first-order valence-corrected chi connectivity index (χ1v) is 8.64. The number of nitrogens with zero attached hydrogens (tertiary/aromatic N) is 1. The Balaban J connectivity index is 2.03. The number of thiazole rings is 1. The Labute approximate surface area is 127 Å². The van der Waals surface area contributed by atoms with Crippen LogP contribution in [0.3, 0.4) is 0 Å². The minimum atomic E-state index is -3.26. The summed E-state index contributed by atoms with van der Waals surface area (Å²) in [7, 11) is -3.26. The highest BCUT2D eigenvalue weighted by Gasteiger charge is 2.11. The van der Waals surface area contributed by atoms with Crippen LogP contribution in [0.1, 0.15) is 4.88 Å². The zero-order valence-electron chi connectivity index (χ0n) is 10.5. The molecule has 0 spiro atoms. The van der Waals surface area contributed by atoms with Gasteiger partial charge < -0.3 is 5.32 Å². The van der Waals surface area contributed by atoms with Gasteiger partial charge in [0.25, 0.3) is 0 Å². The van der Waals surface area contributed by atoms with Crippen molar-refractivity contribution in [1.29, 1.82) is 0 Å². The van der Waals surface area contributed by atoms with Crippen molar-refractivity contribution in [1.82, 2.24) is 4.98 Å². The van der Waals surface area contributed by atoms with Gasteiger partial charge in [0, 0.05) is 16.8 Å². The minimum Gasteiger partial charge on any atom is -0.380 e. The zero-order chi connectivity index (χ0) is 14.6. The van der Waals surface area contributed by atoms with Crippen molar-refractivity contribution in [2.75, 3.05) is 11.1 Å². The van der Waals surface area contributed by atoms with E-state index in [1.54, 1.807) is 30.5 Å². The monoisotopic (exact) mass is 328 g/mol. The maximum Gasteiger partial charge on any atom is 0.183 e. The van der Waals surface area contributed by atoms with Crippen LogP contribution in [0, 0.1) is 0 Å². The summed E-state index contributed by atoms with van der Waals surface area (Å²) in [4.78, 5) is 5.26. The van der Waals surface area contributed by atoms with Crippen molar-refractivity contribution in [2.24, 2.45) is 0 Å². The topological polar surface area (TPSA) is 59.1 Å². The first-order chi connectivity index (χ1) is 9.51. The molecule has 0 atom stereocenters. The summed E-state index contributed by atoms with van der Waals surface area (Å²) in [5.41, 5.74) is 0.840. The molecule has 0 saturated heterocycles. The van der Waals surface area contributed by atoms with Crippen molar-refractivity contribution >= 4 is 38.5 Å². The Hall–Kier alpha value is -1.37. The quantitative estimate of drug-likeness (QED) is 0.826. The SMILES string of the molecule is C=CCS(=O)(=O)c1ccc(NCc2cnc(Cl)s2)cc1. The van der Waals surface area contributed by atoms with Gasteiger partial charge in [0.15, 0.2) is 14.3 Å². The summed E-state index contributed by atoms with van der Waals surface area (Å²) < 4.78 is 24.1. The largest absolute Gasteiger partial charge is 0.380 e. The molecule has 0 bridgehead atoms. The number of aromatic nitrogens is 1. The van der Waals surface area contributed by atoms with E-state index in [1.807, 2.05) is 0 Å². The van der Waals surface area contributed by atoms with E-state index in [2.05, 4.69) is 16.9 Å². The number of hydrogen-bond acceptors (Lipinski definition) is 5. The molecule has 1 N–H and O–H groups in total. The summed E-state index contributed by atoms with van der Waals surface area (Å²) in [5, 5.41) is 3.18. The molecule has 0 aliphatic carbocycles. The highest BCUT2D eigenvalue weighted by atomic mass is 35.5. The van der Waals surface area contributed by atoms with Crippen LogP contribution >= 0.6 is 22.9 Å².